The van der Waals surface area contributed by atoms with Gasteiger partial charge in [0.05, 0.1) is 10.4 Å². The van der Waals surface area contributed by atoms with Crippen molar-refractivity contribution in [3.8, 4) is 0 Å². The van der Waals surface area contributed by atoms with Crippen molar-refractivity contribution in [2.45, 2.75) is 30.2 Å². The van der Waals surface area contributed by atoms with Gasteiger partial charge in [-0.1, -0.05) is 0 Å². The molecule has 0 unspecified atom stereocenters. The smallest absolute Gasteiger partial charge is 0.315 e. The van der Waals surface area contributed by atoms with Crippen LogP contribution in [0.1, 0.15) is 19.8 Å². The van der Waals surface area contributed by atoms with E-state index in [2.05, 4.69) is 16.0 Å². The maximum Gasteiger partial charge on any atom is 0.315 e. The van der Waals surface area contributed by atoms with Gasteiger partial charge in [-0.25, -0.2) is 13.2 Å². The van der Waals surface area contributed by atoms with Gasteiger partial charge in [-0.05, 0) is 37.1 Å². The summed E-state index contributed by atoms with van der Waals surface area (Å²) in [7, 11) is -3.58. The highest BCUT2D eigenvalue weighted by molar-refractivity contribution is 7.89. The molecule has 24 heavy (non-hydrogen) atoms. The Morgan fingerprint density at radius 2 is 1.83 bits per heavy atom. The number of hydrogen-bond donors (Lipinski definition) is 3. The monoisotopic (exact) mass is 352 g/mol. The molecular formula is C15H20N4O4S. The van der Waals surface area contributed by atoms with E-state index in [0.717, 1.165) is 0 Å². The van der Waals surface area contributed by atoms with Crippen LogP contribution in [0.4, 0.5) is 10.5 Å². The fourth-order valence-electron chi connectivity index (χ4n) is 3.10. The van der Waals surface area contributed by atoms with Crippen LogP contribution in [0.25, 0.3) is 0 Å². The third-order valence-electron chi connectivity index (χ3n) is 4.46. The summed E-state index contributed by atoms with van der Waals surface area (Å²) < 4.78 is 26.9. The lowest BCUT2D eigenvalue weighted by Gasteiger charge is -2.37. The van der Waals surface area contributed by atoms with Crippen LogP contribution in [-0.2, 0) is 14.8 Å². The van der Waals surface area contributed by atoms with E-state index in [1.54, 1.807) is 12.1 Å². The van der Waals surface area contributed by atoms with Crippen LogP contribution in [0.2, 0.25) is 0 Å². The predicted molar refractivity (Wildman–Crippen MR) is 88.0 cm³/mol. The summed E-state index contributed by atoms with van der Waals surface area (Å²) in [6.07, 6.45) is 1.16. The first-order chi connectivity index (χ1) is 11.3. The molecule has 3 amide bonds. The molecule has 1 spiro atoms. The molecule has 1 aromatic carbocycles. The number of carbonyl (C=O) groups excluding carboxylic acids is 2. The minimum atomic E-state index is -3.58. The van der Waals surface area contributed by atoms with Crippen molar-refractivity contribution in [3.05, 3.63) is 24.3 Å². The molecule has 2 fully saturated rings. The van der Waals surface area contributed by atoms with E-state index in [1.807, 2.05) is 0 Å². The van der Waals surface area contributed by atoms with Crippen molar-refractivity contribution >= 4 is 27.6 Å². The number of amides is 3. The van der Waals surface area contributed by atoms with E-state index < -0.39 is 10.0 Å². The van der Waals surface area contributed by atoms with E-state index >= 15 is 0 Å². The number of benzene rings is 1. The summed E-state index contributed by atoms with van der Waals surface area (Å²) in [6, 6.07) is 5.93. The van der Waals surface area contributed by atoms with Crippen molar-refractivity contribution < 1.29 is 18.0 Å². The molecule has 9 heteroatoms. The van der Waals surface area contributed by atoms with Crippen LogP contribution in [0.5, 0.6) is 0 Å². The fraction of sp³-hybridized carbons (Fsp3) is 0.467. The number of sulfonamides is 1. The second-order valence-electron chi connectivity index (χ2n) is 6.20. The molecule has 2 aliphatic heterocycles. The summed E-state index contributed by atoms with van der Waals surface area (Å²) in [4.78, 5) is 22.6. The van der Waals surface area contributed by atoms with Gasteiger partial charge in [-0.15, -0.1) is 0 Å². The summed E-state index contributed by atoms with van der Waals surface area (Å²) in [5.41, 5.74) is 0.219. The molecule has 0 saturated carbocycles. The largest absolute Gasteiger partial charge is 0.336 e. The van der Waals surface area contributed by atoms with Crippen molar-refractivity contribution in [3.63, 3.8) is 0 Å². The molecule has 3 N–H and O–H groups in total. The van der Waals surface area contributed by atoms with Crippen LogP contribution in [0.3, 0.4) is 0 Å². The molecular weight excluding hydrogens is 332 g/mol. The molecule has 130 valence electrons. The Bertz CT molecular complexity index is 752. The first kappa shape index (κ1) is 16.7. The molecule has 2 saturated heterocycles. The second kappa shape index (κ2) is 6.06. The Morgan fingerprint density at radius 1 is 1.21 bits per heavy atom. The third kappa shape index (κ3) is 3.22. The fourth-order valence-corrected chi connectivity index (χ4v) is 4.54. The van der Waals surface area contributed by atoms with Gasteiger partial charge >= 0.3 is 6.03 Å². The zero-order valence-electron chi connectivity index (χ0n) is 13.3. The van der Waals surface area contributed by atoms with Gasteiger partial charge in [0, 0.05) is 32.2 Å². The maximum atomic E-state index is 12.7. The van der Waals surface area contributed by atoms with Gasteiger partial charge in [0.25, 0.3) is 0 Å². The SMILES string of the molecule is CC(=O)Nc1ccc(S(=O)(=O)N2CCC3(CC2)CNC(=O)N3)cc1. The van der Waals surface area contributed by atoms with E-state index in [0.29, 0.717) is 38.2 Å². The third-order valence-corrected chi connectivity index (χ3v) is 6.37. The van der Waals surface area contributed by atoms with Gasteiger partial charge in [-0.3, -0.25) is 4.79 Å². The van der Waals surface area contributed by atoms with Crippen LogP contribution in [0.15, 0.2) is 29.2 Å². The molecule has 3 rings (SSSR count). The van der Waals surface area contributed by atoms with Gasteiger partial charge < -0.3 is 16.0 Å². The van der Waals surface area contributed by atoms with Gasteiger partial charge in [0.15, 0.2) is 0 Å². The normalized spacial score (nSPS) is 20.5. The first-order valence-corrected chi connectivity index (χ1v) is 9.19. The highest BCUT2D eigenvalue weighted by Crippen LogP contribution is 2.28. The Hall–Kier alpha value is -2.13. The molecule has 0 radical (unpaired) electrons. The molecule has 0 aromatic heterocycles. The summed E-state index contributed by atoms with van der Waals surface area (Å²) >= 11 is 0. The van der Waals surface area contributed by atoms with E-state index in [4.69, 9.17) is 0 Å². The first-order valence-electron chi connectivity index (χ1n) is 7.75. The minimum absolute atomic E-state index is 0.195. The summed E-state index contributed by atoms with van der Waals surface area (Å²) in [5.74, 6) is -0.209. The average molecular weight is 352 g/mol. The quantitative estimate of drug-likeness (QED) is 0.735. The molecule has 0 aliphatic carbocycles. The Kier molecular flexibility index (Phi) is 4.22. The second-order valence-corrected chi connectivity index (χ2v) is 8.14. The molecule has 0 atom stereocenters. The highest BCUT2D eigenvalue weighted by atomic mass is 32.2. The Morgan fingerprint density at radius 3 is 2.33 bits per heavy atom. The molecule has 8 nitrogen and oxygen atoms in total. The van der Waals surface area contributed by atoms with E-state index in [1.165, 1.54) is 23.4 Å². The predicted octanol–water partition coefficient (Wildman–Crippen LogP) is 0.481. The lowest BCUT2D eigenvalue weighted by molar-refractivity contribution is -0.114. The van der Waals surface area contributed by atoms with Crippen molar-refractivity contribution in [1.29, 1.82) is 0 Å². The summed E-state index contributed by atoms with van der Waals surface area (Å²) in [6.45, 7) is 2.64. The average Bonchev–Trinajstić information content (AvgIpc) is 2.88. The lowest BCUT2D eigenvalue weighted by Crippen LogP contribution is -2.53. The number of nitrogens with one attached hydrogen (secondary N) is 3. The van der Waals surface area contributed by atoms with Crippen molar-refractivity contribution in [1.82, 2.24) is 14.9 Å². The van der Waals surface area contributed by atoms with Gasteiger partial charge in [-0.2, -0.15) is 4.31 Å². The standard InChI is InChI=1S/C15H20N4O4S/c1-11(20)17-12-2-4-13(5-3-12)24(22,23)19-8-6-15(7-9-19)10-16-14(21)18-15/h2-5H,6-10H2,1H3,(H,17,20)(H2,16,18,21). The van der Waals surface area contributed by atoms with Crippen molar-refractivity contribution in [2.75, 3.05) is 25.0 Å². The number of nitrogens with zero attached hydrogens (tertiary/aromatic N) is 1. The minimum Gasteiger partial charge on any atom is -0.336 e. The number of rotatable bonds is 3. The van der Waals surface area contributed by atoms with E-state index in [-0.39, 0.29) is 22.4 Å². The zero-order valence-corrected chi connectivity index (χ0v) is 14.1. The highest BCUT2D eigenvalue weighted by Gasteiger charge is 2.42. The zero-order chi connectivity index (χ0) is 17.4. The van der Waals surface area contributed by atoms with Gasteiger partial charge in [0.2, 0.25) is 15.9 Å². The number of hydrogen-bond acceptors (Lipinski definition) is 4. The number of piperidine rings is 1. The molecule has 1 aromatic rings. The molecule has 2 aliphatic rings. The van der Waals surface area contributed by atoms with Crippen LogP contribution in [0, 0.1) is 0 Å². The Balaban J connectivity index is 1.70. The topological polar surface area (TPSA) is 108 Å². The van der Waals surface area contributed by atoms with Gasteiger partial charge in [0.1, 0.15) is 0 Å². The maximum absolute atomic E-state index is 12.7. The van der Waals surface area contributed by atoms with Crippen molar-refractivity contribution in [2.24, 2.45) is 0 Å². The number of carbonyl (C=O) groups is 2. The molecule has 2 heterocycles. The summed E-state index contributed by atoms with van der Waals surface area (Å²) in [5, 5.41) is 8.24. The van der Waals surface area contributed by atoms with Crippen LogP contribution in [-0.4, -0.2) is 49.8 Å². The Labute approximate surface area is 140 Å². The lowest BCUT2D eigenvalue weighted by atomic mass is 9.90. The number of urea groups is 1. The van der Waals surface area contributed by atoms with Crippen LogP contribution >= 0.6 is 0 Å². The molecule has 0 bridgehead atoms. The van der Waals surface area contributed by atoms with Crippen LogP contribution < -0.4 is 16.0 Å². The van der Waals surface area contributed by atoms with E-state index in [9.17, 15) is 18.0 Å². The number of anilines is 1.